The van der Waals surface area contributed by atoms with Crippen LogP contribution in [0.4, 0.5) is 10.1 Å². The van der Waals surface area contributed by atoms with E-state index in [4.69, 9.17) is 0 Å². The fourth-order valence-corrected chi connectivity index (χ4v) is 3.46. The molecule has 0 spiro atoms. The molecule has 1 aliphatic heterocycles. The Bertz CT molecular complexity index is 650. The number of amides is 3. The molecule has 2 unspecified atom stereocenters. The fraction of sp³-hybridized carbons (Fsp3) is 0.471. The molecule has 1 aromatic carbocycles. The van der Waals surface area contributed by atoms with Crippen molar-refractivity contribution in [2.75, 3.05) is 11.9 Å². The Balaban J connectivity index is 1.69. The second-order valence-electron chi connectivity index (χ2n) is 6.29. The van der Waals surface area contributed by atoms with Crippen molar-refractivity contribution < 1.29 is 18.8 Å². The predicted octanol–water partition coefficient (Wildman–Crippen LogP) is 2.25. The van der Waals surface area contributed by atoms with Crippen LogP contribution in [-0.2, 0) is 14.4 Å². The summed E-state index contributed by atoms with van der Waals surface area (Å²) in [5.41, 5.74) is 0.868. The zero-order chi connectivity index (χ0) is 16.6. The minimum atomic E-state index is -0.560. The third kappa shape index (κ3) is 2.98. The van der Waals surface area contributed by atoms with Crippen LogP contribution in [0.15, 0.2) is 18.2 Å². The lowest BCUT2D eigenvalue weighted by molar-refractivity contribution is -0.142. The van der Waals surface area contributed by atoms with Crippen LogP contribution in [-0.4, -0.2) is 29.2 Å². The molecule has 2 atom stereocenters. The monoisotopic (exact) mass is 318 g/mol. The number of imide groups is 1. The lowest BCUT2D eigenvalue weighted by Crippen LogP contribution is -2.38. The lowest BCUT2D eigenvalue weighted by Gasteiger charge is -2.19. The van der Waals surface area contributed by atoms with Gasteiger partial charge in [-0.05, 0) is 37.5 Å². The normalized spacial score (nSPS) is 23.8. The van der Waals surface area contributed by atoms with Crippen LogP contribution in [0.2, 0.25) is 0 Å². The van der Waals surface area contributed by atoms with Gasteiger partial charge >= 0.3 is 0 Å². The van der Waals surface area contributed by atoms with E-state index in [1.165, 1.54) is 12.1 Å². The van der Waals surface area contributed by atoms with Crippen molar-refractivity contribution in [2.45, 2.75) is 32.6 Å². The van der Waals surface area contributed by atoms with Gasteiger partial charge in [0.1, 0.15) is 12.4 Å². The molecule has 1 aliphatic carbocycles. The SMILES string of the molecule is Cc1ccc(F)c(NC(=O)CN2C(=O)C3CCCCC3C2=O)c1. The molecule has 1 heterocycles. The number of benzene rings is 1. The fourth-order valence-electron chi connectivity index (χ4n) is 3.46. The molecule has 23 heavy (non-hydrogen) atoms. The van der Waals surface area contributed by atoms with Crippen LogP contribution >= 0.6 is 0 Å². The van der Waals surface area contributed by atoms with Gasteiger partial charge in [-0.25, -0.2) is 4.39 Å². The summed E-state index contributed by atoms with van der Waals surface area (Å²) in [5, 5.41) is 2.44. The second-order valence-corrected chi connectivity index (χ2v) is 6.29. The Morgan fingerprint density at radius 1 is 1.22 bits per heavy atom. The number of rotatable bonds is 3. The van der Waals surface area contributed by atoms with Crippen LogP contribution in [0.1, 0.15) is 31.2 Å². The number of nitrogens with zero attached hydrogens (tertiary/aromatic N) is 1. The number of carbonyl (C=O) groups excluding carboxylic acids is 3. The standard InChI is InChI=1S/C17H19FN2O3/c1-10-6-7-13(18)14(8-10)19-15(21)9-20-16(22)11-4-2-3-5-12(11)17(20)23/h6-8,11-12H,2-5,9H2,1H3,(H,19,21). The molecule has 2 aliphatic rings. The minimum Gasteiger partial charge on any atom is -0.322 e. The van der Waals surface area contributed by atoms with Crippen LogP contribution in [0.3, 0.4) is 0 Å². The minimum absolute atomic E-state index is 0.0616. The van der Waals surface area contributed by atoms with Crippen LogP contribution < -0.4 is 5.32 Å². The van der Waals surface area contributed by atoms with Crippen molar-refractivity contribution >= 4 is 23.4 Å². The number of anilines is 1. The summed E-state index contributed by atoms with van der Waals surface area (Å²) in [6.45, 7) is 1.44. The van der Waals surface area contributed by atoms with Crippen molar-refractivity contribution in [3.63, 3.8) is 0 Å². The number of hydrogen-bond acceptors (Lipinski definition) is 3. The van der Waals surface area contributed by atoms with Gasteiger partial charge in [-0.3, -0.25) is 19.3 Å². The molecule has 5 nitrogen and oxygen atoms in total. The molecular formula is C17H19FN2O3. The second kappa shape index (κ2) is 6.10. The third-order valence-corrected chi connectivity index (χ3v) is 4.63. The highest BCUT2D eigenvalue weighted by atomic mass is 19.1. The van der Waals surface area contributed by atoms with E-state index < -0.39 is 11.7 Å². The van der Waals surface area contributed by atoms with Gasteiger partial charge < -0.3 is 5.32 Å². The quantitative estimate of drug-likeness (QED) is 0.869. The lowest BCUT2D eigenvalue weighted by atomic mass is 9.81. The van der Waals surface area contributed by atoms with Gasteiger partial charge in [-0.1, -0.05) is 18.9 Å². The number of hydrogen-bond donors (Lipinski definition) is 1. The van der Waals surface area contributed by atoms with Crippen molar-refractivity contribution in [2.24, 2.45) is 11.8 Å². The summed E-state index contributed by atoms with van der Waals surface area (Å²) < 4.78 is 13.7. The molecule has 1 saturated carbocycles. The average Bonchev–Trinajstić information content (AvgIpc) is 2.76. The van der Waals surface area contributed by atoms with Crippen LogP contribution in [0.5, 0.6) is 0 Å². The number of aryl methyl sites for hydroxylation is 1. The molecule has 1 saturated heterocycles. The average molecular weight is 318 g/mol. The molecule has 3 rings (SSSR count). The van der Waals surface area contributed by atoms with E-state index in [0.717, 1.165) is 23.3 Å². The molecular weight excluding hydrogens is 299 g/mol. The maximum Gasteiger partial charge on any atom is 0.244 e. The van der Waals surface area contributed by atoms with Gasteiger partial charge in [0, 0.05) is 0 Å². The largest absolute Gasteiger partial charge is 0.322 e. The summed E-state index contributed by atoms with van der Waals surface area (Å²) in [6.07, 6.45) is 3.29. The summed E-state index contributed by atoms with van der Waals surface area (Å²) in [5.74, 6) is -2.19. The Kier molecular flexibility index (Phi) is 4.15. The molecule has 0 aromatic heterocycles. The van der Waals surface area contributed by atoms with E-state index in [1.54, 1.807) is 13.0 Å². The summed E-state index contributed by atoms with van der Waals surface area (Å²) in [4.78, 5) is 37.8. The highest BCUT2D eigenvalue weighted by Crippen LogP contribution is 2.37. The first-order valence-electron chi connectivity index (χ1n) is 7.88. The number of fused-ring (bicyclic) bond motifs is 1. The number of carbonyl (C=O) groups is 3. The Labute approximate surface area is 133 Å². The van der Waals surface area contributed by atoms with Gasteiger partial charge in [0.25, 0.3) is 0 Å². The van der Waals surface area contributed by atoms with Gasteiger partial charge in [-0.2, -0.15) is 0 Å². The van der Waals surface area contributed by atoms with Crippen LogP contribution in [0, 0.1) is 24.6 Å². The third-order valence-electron chi connectivity index (χ3n) is 4.63. The molecule has 2 fully saturated rings. The van der Waals surface area contributed by atoms with Gasteiger partial charge in [0.2, 0.25) is 17.7 Å². The maximum absolute atomic E-state index is 13.7. The van der Waals surface area contributed by atoms with Crippen molar-refractivity contribution in [3.05, 3.63) is 29.6 Å². The van der Waals surface area contributed by atoms with Crippen LogP contribution in [0.25, 0.3) is 0 Å². The first-order chi connectivity index (χ1) is 11.0. The zero-order valence-electron chi connectivity index (χ0n) is 13.0. The van der Waals surface area contributed by atoms with E-state index >= 15 is 0 Å². The Morgan fingerprint density at radius 3 is 2.43 bits per heavy atom. The first kappa shape index (κ1) is 15.6. The smallest absolute Gasteiger partial charge is 0.244 e. The summed E-state index contributed by atoms with van der Waals surface area (Å²) >= 11 is 0. The van der Waals surface area contributed by atoms with Gasteiger partial charge in [0.15, 0.2) is 0 Å². The number of likely N-dealkylation sites (tertiary alicyclic amines) is 1. The molecule has 6 heteroatoms. The van der Waals surface area contributed by atoms with E-state index in [-0.39, 0.29) is 35.9 Å². The van der Waals surface area contributed by atoms with Crippen molar-refractivity contribution in [3.8, 4) is 0 Å². The summed E-state index contributed by atoms with van der Waals surface area (Å²) in [7, 11) is 0. The molecule has 0 radical (unpaired) electrons. The van der Waals surface area contributed by atoms with Crippen molar-refractivity contribution in [1.82, 2.24) is 4.90 Å². The Morgan fingerprint density at radius 2 is 1.83 bits per heavy atom. The van der Waals surface area contributed by atoms with E-state index in [2.05, 4.69) is 5.32 Å². The van der Waals surface area contributed by atoms with E-state index in [9.17, 15) is 18.8 Å². The predicted molar refractivity (Wildman–Crippen MR) is 81.9 cm³/mol. The molecule has 0 bridgehead atoms. The number of nitrogens with one attached hydrogen (secondary N) is 1. The first-order valence-corrected chi connectivity index (χ1v) is 7.88. The topological polar surface area (TPSA) is 66.5 Å². The highest BCUT2D eigenvalue weighted by molar-refractivity contribution is 6.08. The van der Waals surface area contributed by atoms with Gasteiger partial charge in [0.05, 0.1) is 17.5 Å². The molecule has 122 valence electrons. The van der Waals surface area contributed by atoms with Gasteiger partial charge in [-0.15, -0.1) is 0 Å². The molecule has 1 aromatic rings. The molecule has 1 N–H and O–H groups in total. The number of halogens is 1. The van der Waals surface area contributed by atoms with E-state index in [0.29, 0.717) is 12.8 Å². The molecule has 3 amide bonds. The maximum atomic E-state index is 13.7. The zero-order valence-corrected chi connectivity index (χ0v) is 13.0. The summed E-state index contributed by atoms with van der Waals surface area (Å²) in [6, 6.07) is 4.38. The highest BCUT2D eigenvalue weighted by Gasteiger charge is 2.48. The van der Waals surface area contributed by atoms with Crippen molar-refractivity contribution in [1.29, 1.82) is 0 Å². The van der Waals surface area contributed by atoms with E-state index in [1.807, 2.05) is 0 Å². The Hall–Kier alpha value is -2.24.